The first-order chi connectivity index (χ1) is 65.9. The molecule has 8 heterocycles. The average Bonchev–Trinajstić information content (AvgIpc) is 1.70. The molecule has 12 aromatic rings. The summed E-state index contributed by atoms with van der Waals surface area (Å²) >= 11 is 0. The summed E-state index contributed by atoms with van der Waals surface area (Å²) in [6.07, 6.45) is 7.69. The standard InChI is InChI=1S/C27H26N4O5.2C26H24N4O5.C24H22N4O3/c1-16(2)35-22-8-7-17(11-18(22)13-28)26-29-25(30-36-26)20-5-4-6-21-19(20)9-10-27(21)12-23(32)31(15-27)14-24(33)34-3;2*1-15(2)34-21-7-6-16(10-17(21)12-27)25-28-24(29-35-25)19-4-3-5-20-18(19)8-9-26(20)11-22(31)30(14-26)13-23(32)33;1-14(2)30-20-7-6-15(10-16(20)12-25)23-27-22(28-31-23)18-4-3-5-19-17(18)8-9-24(19)11-21(29)26-13-24/h4-8,11,16H,9-10,12,14-15H2,1-3H3;2*3-7,10,15H,8-9,11,13-14H2,1-2H3,(H,32,33);3-7,10,14H,8-9,11,13H2,1-2H3,(H,26,29). The van der Waals surface area contributed by atoms with E-state index in [4.69, 9.17) is 52.0 Å². The monoisotopic (exact) mass is 1840 g/mol. The maximum absolute atomic E-state index is 12.7. The van der Waals surface area contributed by atoms with Crippen LogP contribution < -0.4 is 24.3 Å². The van der Waals surface area contributed by atoms with Crippen LogP contribution in [0.2, 0.25) is 0 Å². The fraction of sp³-hybridized carbons (Fsp3) is 0.350. The highest BCUT2D eigenvalue weighted by Gasteiger charge is 2.53. The fourth-order valence-electron chi connectivity index (χ4n) is 20.3. The first-order valence-corrected chi connectivity index (χ1v) is 45.2. The number of esters is 1. The van der Waals surface area contributed by atoms with Crippen molar-refractivity contribution in [1.82, 2.24) is 60.6 Å². The smallest absolute Gasteiger partial charge is 0.325 e. The minimum absolute atomic E-state index is 0.0261. The molecule has 4 saturated heterocycles. The van der Waals surface area contributed by atoms with Crippen molar-refractivity contribution in [2.45, 2.75) is 179 Å². The molecular formula is C103H96N16O18. The second-order valence-electron chi connectivity index (χ2n) is 36.7. The average molecular weight is 1850 g/mol. The van der Waals surface area contributed by atoms with Gasteiger partial charge in [0.25, 0.3) is 23.6 Å². The summed E-state index contributed by atoms with van der Waals surface area (Å²) in [5.74, 6) is 2.48. The number of amides is 4. The molecule has 4 fully saturated rings. The predicted molar refractivity (Wildman–Crippen MR) is 491 cm³/mol. The lowest BCUT2D eigenvalue weighted by Crippen LogP contribution is -2.34. The van der Waals surface area contributed by atoms with Crippen molar-refractivity contribution in [2.75, 3.05) is 52.9 Å². The molecule has 4 aromatic heterocycles. The molecular weight excluding hydrogens is 1750 g/mol. The van der Waals surface area contributed by atoms with Crippen molar-refractivity contribution < 1.29 is 85.6 Å². The van der Waals surface area contributed by atoms with Gasteiger partial charge in [0.15, 0.2) is 0 Å². The van der Waals surface area contributed by atoms with Crippen molar-refractivity contribution in [3.63, 3.8) is 0 Å². The molecule has 8 aromatic carbocycles. The van der Waals surface area contributed by atoms with Crippen LogP contribution in [-0.2, 0) is 85.6 Å². The van der Waals surface area contributed by atoms with E-state index < -0.39 is 28.7 Å². The minimum Gasteiger partial charge on any atom is -0.490 e. The summed E-state index contributed by atoms with van der Waals surface area (Å²) in [4.78, 5) is 107. The lowest BCUT2D eigenvalue weighted by atomic mass is 9.80. The summed E-state index contributed by atoms with van der Waals surface area (Å²) in [7, 11) is 1.32. The van der Waals surface area contributed by atoms with Gasteiger partial charge in [0.1, 0.15) is 66.9 Å². The maximum Gasteiger partial charge on any atom is 0.325 e. The molecule has 696 valence electrons. The molecule has 8 aliphatic rings. The zero-order valence-electron chi connectivity index (χ0n) is 76.7. The number of hydrogen-bond acceptors (Lipinski definition) is 28. The number of nitrogens with one attached hydrogen (secondary N) is 1. The Labute approximate surface area is 787 Å². The minimum atomic E-state index is -1.01. The largest absolute Gasteiger partial charge is 0.490 e. The summed E-state index contributed by atoms with van der Waals surface area (Å²) in [5.41, 5.74) is 15.1. The highest BCUT2D eigenvalue weighted by molar-refractivity contribution is 5.89. The number of carbonyl (C=O) groups excluding carboxylic acids is 5. The molecule has 0 radical (unpaired) electrons. The highest BCUT2D eigenvalue weighted by Crippen LogP contribution is 2.53. The third kappa shape index (κ3) is 18.6. The van der Waals surface area contributed by atoms with Crippen molar-refractivity contribution in [1.29, 1.82) is 21.0 Å². The van der Waals surface area contributed by atoms with Crippen LogP contribution in [-0.4, -0.2) is 184 Å². The van der Waals surface area contributed by atoms with Crippen LogP contribution in [0.15, 0.2) is 164 Å². The van der Waals surface area contributed by atoms with Crippen molar-refractivity contribution >= 4 is 41.5 Å². The molecule has 4 atom stereocenters. The number of carboxylic acid groups (broad SMARTS) is 2. The topological polar surface area (TPSA) is 479 Å². The van der Waals surface area contributed by atoms with E-state index in [0.717, 1.165) is 107 Å². The molecule has 4 aliphatic heterocycles. The van der Waals surface area contributed by atoms with Gasteiger partial charge >= 0.3 is 17.9 Å². The Balaban J connectivity index is 0.000000127. The third-order valence-electron chi connectivity index (χ3n) is 26.2. The number of aliphatic carboxylic acids is 2. The Kier molecular flexibility index (Phi) is 25.7. The van der Waals surface area contributed by atoms with Crippen LogP contribution in [0.4, 0.5) is 0 Å². The number of nitriles is 4. The molecule has 20 rings (SSSR count). The van der Waals surface area contributed by atoms with E-state index in [2.05, 4.69) is 76.2 Å². The Hall–Kier alpha value is -16.2. The number of aromatic nitrogens is 8. The highest BCUT2D eigenvalue weighted by atomic mass is 16.5. The SMILES string of the molecule is CC(C)Oc1ccc(-c2nc(-c3cccc4c3CCC43CC(=O)N(CC(=O)O)C3)no2)cc1C#N.CC(C)Oc1ccc(-c2nc(-c3cccc4c3CCC43CC(=O)N(CC(=O)O)C3)no2)cc1C#N.CC(C)Oc1ccc(-c2nc(-c3cccc4c3CCC43CNC(=O)C3)no2)cc1C#N.COC(=O)CN1CC2(CCc3c(-c4noc(-c5ccc(OC(C)C)c(C#N)c5)n4)cccc32)CC1=O. The van der Waals surface area contributed by atoms with E-state index in [0.29, 0.717) is 166 Å². The molecule has 4 spiro atoms. The summed E-state index contributed by atoms with van der Waals surface area (Å²) in [6.45, 7) is 16.6. The van der Waals surface area contributed by atoms with Gasteiger partial charge in [0, 0.05) is 118 Å². The van der Waals surface area contributed by atoms with Crippen molar-refractivity contribution in [3.8, 4) is 139 Å². The molecule has 3 N–H and O–H groups in total. The quantitative estimate of drug-likeness (QED) is 0.0530. The van der Waals surface area contributed by atoms with E-state index in [1.54, 1.807) is 71.6 Å². The van der Waals surface area contributed by atoms with Gasteiger partial charge in [-0.2, -0.15) is 41.0 Å². The van der Waals surface area contributed by atoms with Gasteiger partial charge in [-0.15, -0.1) is 0 Å². The van der Waals surface area contributed by atoms with E-state index >= 15 is 0 Å². The zero-order valence-corrected chi connectivity index (χ0v) is 76.7. The van der Waals surface area contributed by atoms with E-state index in [-0.39, 0.29) is 78.5 Å². The Morgan fingerprint density at radius 1 is 0.394 bits per heavy atom. The van der Waals surface area contributed by atoms with Gasteiger partial charge in [-0.3, -0.25) is 33.6 Å². The van der Waals surface area contributed by atoms with Crippen molar-refractivity contribution in [2.24, 2.45) is 0 Å². The number of nitrogens with zero attached hydrogens (tertiary/aromatic N) is 15. The van der Waals surface area contributed by atoms with Gasteiger partial charge in [-0.05, 0) is 224 Å². The summed E-state index contributed by atoms with van der Waals surface area (Å²) in [6, 6.07) is 53.2. The van der Waals surface area contributed by atoms with E-state index in [1.165, 1.54) is 28.0 Å². The normalized spacial score (nSPS) is 18.9. The van der Waals surface area contributed by atoms with Gasteiger partial charge in [0.2, 0.25) is 46.9 Å². The second kappa shape index (κ2) is 38.0. The summed E-state index contributed by atoms with van der Waals surface area (Å²) < 4.78 is 49.7. The molecule has 34 heteroatoms. The third-order valence-corrected chi connectivity index (χ3v) is 26.2. The number of rotatable bonds is 22. The molecule has 0 saturated carbocycles. The lowest BCUT2D eigenvalue weighted by molar-refractivity contribution is -0.145. The van der Waals surface area contributed by atoms with Crippen LogP contribution in [0.25, 0.3) is 91.4 Å². The number of fused-ring (bicyclic) bond motifs is 8. The van der Waals surface area contributed by atoms with Gasteiger partial charge in [0.05, 0.1) is 53.8 Å². The Morgan fingerprint density at radius 3 is 0.912 bits per heavy atom. The molecule has 4 unspecified atom stereocenters. The molecule has 137 heavy (non-hydrogen) atoms. The number of carboxylic acids is 2. The number of carbonyl (C=O) groups is 7. The Bertz CT molecular complexity index is 6790. The number of hydrogen-bond donors (Lipinski definition) is 3. The number of ether oxygens (including phenoxy) is 5. The van der Waals surface area contributed by atoms with Crippen molar-refractivity contribution in [3.05, 3.63) is 212 Å². The fourth-order valence-corrected chi connectivity index (χ4v) is 20.3. The molecule has 4 aliphatic carbocycles. The van der Waals surface area contributed by atoms with E-state index in [1.807, 2.05) is 128 Å². The van der Waals surface area contributed by atoms with Gasteiger partial charge in [-0.25, -0.2) is 0 Å². The molecule has 34 nitrogen and oxygen atoms in total. The first-order valence-electron chi connectivity index (χ1n) is 45.2. The molecule has 4 amide bonds. The van der Waals surface area contributed by atoms with Crippen LogP contribution in [0, 0.1) is 45.3 Å². The first kappa shape index (κ1) is 92.6. The van der Waals surface area contributed by atoms with Gasteiger partial charge in [-0.1, -0.05) is 93.4 Å². The summed E-state index contributed by atoms with van der Waals surface area (Å²) in [5, 5.41) is 76.2. The van der Waals surface area contributed by atoms with Crippen LogP contribution >= 0.6 is 0 Å². The second-order valence-corrected chi connectivity index (χ2v) is 36.7. The van der Waals surface area contributed by atoms with Crippen LogP contribution in [0.1, 0.15) is 174 Å². The number of benzene rings is 8. The maximum atomic E-state index is 12.7. The Morgan fingerprint density at radius 2 is 0.664 bits per heavy atom. The van der Waals surface area contributed by atoms with Gasteiger partial charge < -0.3 is 72.0 Å². The lowest BCUT2D eigenvalue weighted by Gasteiger charge is -2.24. The number of likely N-dealkylation sites (tertiary alicyclic amines) is 3. The zero-order chi connectivity index (χ0) is 96.5. The van der Waals surface area contributed by atoms with Crippen LogP contribution in [0.3, 0.4) is 0 Å². The molecule has 0 bridgehead atoms. The number of methoxy groups -OCH3 is 1. The predicted octanol–water partition coefficient (Wildman–Crippen LogP) is 14.5. The van der Waals surface area contributed by atoms with E-state index in [9.17, 15) is 54.6 Å². The van der Waals surface area contributed by atoms with Crippen LogP contribution in [0.5, 0.6) is 23.0 Å².